The monoisotopic (exact) mass is 355 g/mol. The zero-order valence-electron chi connectivity index (χ0n) is 12.3. The molecule has 9 heteroatoms. The van der Waals surface area contributed by atoms with Gasteiger partial charge in [0.25, 0.3) is 15.6 Å². The zero-order chi connectivity index (χ0) is 16.3. The Labute approximate surface area is 138 Å². The number of hydrogen-bond acceptors (Lipinski definition) is 6. The van der Waals surface area contributed by atoms with Gasteiger partial charge in [0.1, 0.15) is 4.21 Å². The van der Waals surface area contributed by atoms with Crippen molar-refractivity contribution in [1.82, 2.24) is 14.3 Å². The molecule has 7 nitrogen and oxygen atoms in total. The number of H-pyrrole nitrogens is 1. The normalized spacial score (nSPS) is 19.7. The van der Waals surface area contributed by atoms with Gasteiger partial charge >= 0.3 is 0 Å². The Kier molecular flexibility index (Phi) is 4.90. The second-order valence-corrected chi connectivity index (χ2v) is 8.34. The number of aromatic amines is 1. The number of thiophene rings is 1. The molecule has 1 aliphatic rings. The number of nitrogens with one attached hydrogen (secondary N) is 1. The highest BCUT2D eigenvalue weighted by Gasteiger charge is 2.31. The molecular weight excluding hydrogens is 338 g/mol. The topological polar surface area (TPSA) is 92.4 Å². The van der Waals surface area contributed by atoms with Crippen LogP contribution in [0.15, 0.2) is 38.9 Å². The summed E-state index contributed by atoms with van der Waals surface area (Å²) in [5.41, 5.74) is 0.483. The molecule has 0 radical (unpaired) electrons. The van der Waals surface area contributed by atoms with E-state index in [9.17, 15) is 13.2 Å². The minimum atomic E-state index is -3.44. The number of morpholine rings is 1. The standard InChI is InChI=1S/C14H17N3O4S2/c18-13-8-11(15-10-16-13)3-4-12-9-17(5-6-21-12)23(19,20)14-2-1-7-22-14/h1-2,7-8,10,12H,3-6,9H2,(H,15,16,18)/t12-/m0/s1. The van der Waals surface area contributed by atoms with Crippen molar-refractivity contribution in [2.45, 2.75) is 23.2 Å². The molecule has 124 valence electrons. The Bertz CT molecular complexity index is 801. The van der Waals surface area contributed by atoms with Crippen LogP contribution in [0.1, 0.15) is 12.1 Å². The minimum absolute atomic E-state index is 0.193. The van der Waals surface area contributed by atoms with Gasteiger partial charge in [0.2, 0.25) is 0 Å². The largest absolute Gasteiger partial charge is 0.375 e. The van der Waals surface area contributed by atoms with Crippen molar-refractivity contribution >= 4 is 21.4 Å². The van der Waals surface area contributed by atoms with Gasteiger partial charge in [-0.25, -0.2) is 13.4 Å². The van der Waals surface area contributed by atoms with E-state index >= 15 is 0 Å². The number of aromatic nitrogens is 2. The molecule has 1 aliphatic heterocycles. The molecule has 0 unspecified atom stereocenters. The lowest BCUT2D eigenvalue weighted by Crippen LogP contribution is -2.45. The molecule has 0 amide bonds. The summed E-state index contributed by atoms with van der Waals surface area (Å²) in [5, 5.41) is 1.75. The maximum Gasteiger partial charge on any atom is 0.252 e. The second-order valence-electron chi connectivity index (χ2n) is 5.23. The summed E-state index contributed by atoms with van der Waals surface area (Å²) in [6.45, 7) is 1.06. The van der Waals surface area contributed by atoms with Gasteiger partial charge in [-0.15, -0.1) is 11.3 Å². The molecule has 0 bridgehead atoms. The highest BCUT2D eigenvalue weighted by Crippen LogP contribution is 2.23. The first-order valence-corrected chi connectivity index (χ1v) is 9.56. The predicted molar refractivity (Wildman–Crippen MR) is 86.0 cm³/mol. The average Bonchev–Trinajstić information content (AvgIpc) is 3.09. The van der Waals surface area contributed by atoms with Crippen LogP contribution in [0.2, 0.25) is 0 Å². The fraction of sp³-hybridized carbons (Fsp3) is 0.429. The summed E-state index contributed by atoms with van der Waals surface area (Å²) in [6, 6.07) is 4.79. The van der Waals surface area contributed by atoms with Crippen molar-refractivity contribution in [3.63, 3.8) is 0 Å². The Morgan fingerprint density at radius 3 is 3.09 bits per heavy atom. The fourth-order valence-corrected chi connectivity index (χ4v) is 5.08. The quantitative estimate of drug-likeness (QED) is 0.858. The molecule has 3 heterocycles. The number of aryl methyl sites for hydroxylation is 1. The summed E-state index contributed by atoms with van der Waals surface area (Å²) >= 11 is 1.22. The summed E-state index contributed by atoms with van der Waals surface area (Å²) < 4.78 is 32.6. The van der Waals surface area contributed by atoms with Gasteiger partial charge in [0.15, 0.2) is 0 Å². The van der Waals surface area contributed by atoms with Gasteiger partial charge in [-0.05, 0) is 24.3 Å². The number of sulfonamides is 1. The van der Waals surface area contributed by atoms with E-state index < -0.39 is 10.0 Å². The van der Waals surface area contributed by atoms with Crippen molar-refractivity contribution < 1.29 is 13.2 Å². The van der Waals surface area contributed by atoms with Crippen LogP contribution in [0, 0.1) is 0 Å². The zero-order valence-corrected chi connectivity index (χ0v) is 14.0. The molecule has 3 rings (SSSR count). The lowest BCUT2D eigenvalue weighted by molar-refractivity contribution is -0.00533. The summed E-state index contributed by atoms with van der Waals surface area (Å²) in [4.78, 5) is 17.8. The smallest absolute Gasteiger partial charge is 0.252 e. The Morgan fingerprint density at radius 1 is 1.48 bits per heavy atom. The van der Waals surface area contributed by atoms with Crippen LogP contribution in [0.4, 0.5) is 0 Å². The van der Waals surface area contributed by atoms with Crippen molar-refractivity contribution in [2.24, 2.45) is 0 Å². The Hall–Kier alpha value is -1.55. The lowest BCUT2D eigenvalue weighted by atomic mass is 10.1. The van der Waals surface area contributed by atoms with E-state index in [2.05, 4.69) is 9.97 Å². The van der Waals surface area contributed by atoms with Crippen LogP contribution in [0.5, 0.6) is 0 Å². The van der Waals surface area contributed by atoms with Gasteiger partial charge in [0, 0.05) is 24.8 Å². The summed E-state index contributed by atoms with van der Waals surface area (Å²) in [5.74, 6) is 0. The van der Waals surface area contributed by atoms with E-state index in [0.29, 0.717) is 42.4 Å². The molecule has 1 N–H and O–H groups in total. The van der Waals surface area contributed by atoms with E-state index in [1.54, 1.807) is 17.5 Å². The van der Waals surface area contributed by atoms with Gasteiger partial charge in [-0.1, -0.05) is 6.07 Å². The third kappa shape index (κ3) is 3.86. The van der Waals surface area contributed by atoms with E-state index in [0.717, 1.165) is 0 Å². The Morgan fingerprint density at radius 2 is 2.35 bits per heavy atom. The molecule has 1 saturated heterocycles. The molecule has 0 spiro atoms. The minimum Gasteiger partial charge on any atom is -0.375 e. The fourth-order valence-electron chi connectivity index (χ4n) is 2.48. The van der Waals surface area contributed by atoms with Gasteiger partial charge < -0.3 is 9.72 Å². The number of hydrogen-bond donors (Lipinski definition) is 1. The van der Waals surface area contributed by atoms with E-state index in [1.807, 2.05) is 0 Å². The molecule has 0 aromatic carbocycles. The number of ether oxygens (including phenoxy) is 1. The molecule has 2 aromatic heterocycles. The number of rotatable bonds is 5. The van der Waals surface area contributed by atoms with Crippen LogP contribution in [0.3, 0.4) is 0 Å². The van der Waals surface area contributed by atoms with E-state index in [4.69, 9.17) is 4.74 Å². The second kappa shape index (κ2) is 6.91. The summed E-state index contributed by atoms with van der Waals surface area (Å²) in [6.07, 6.45) is 2.36. The molecule has 0 saturated carbocycles. The van der Waals surface area contributed by atoms with Crippen molar-refractivity contribution in [1.29, 1.82) is 0 Å². The maximum absolute atomic E-state index is 12.5. The highest BCUT2D eigenvalue weighted by molar-refractivity contribution is 7.91. The molecule has 23 heavy (non-hydrogen) atoms. The molecule has 0 aliphatic carbocycles. The third-order valence-corrected chi connectivity index (χ3v) is 6.89. The number of nitrogens with zero attached hydrogens (tertiary/aromatic N) is 2. The summed E-state index contributed by atoms with van der Waals surface area (Å²) in [7, 11) is -3.44. The van der Waals surface area contributed by atoms with Gasteiger partial charge in [-0.2, -0.15) is 4.31 Å². The molecule has 1 atom stereocenters. The third-order valence-electron chi connectivity index (χ3n) is 3.65. The first-order chi connectivity index (χ1) is 11.1. The predicted octanol–water partition coefficient (Wildman–Crippen LogP) is 0.854. The SMILES string of the molecule is O=c1cc(CC[C@H]2CN(S(=O)(=O)c3cccs3)CCO2)nc[nH]1. The van der Waals surface area contributed by atoms with Crippen LogP contribution in [-0.2, 0) is 21.2 Å². The lowest BCUT2D eigenvalue weighted by Gasteiger charge is -2.31. The van der Waals surface area contributed by atoms with E-state index in [1.165, 1.54) is 28.0 Å². The first kappa shape index (κ1) is 16.3. The van der Waals surface area contributed by atoms with E-state index in [-0.39, 0.29) is 11.7 Å². The van der Waals surface area contributed by atoms with Crippen LogP contribution in [0.25, 0.3) is 0 Å². The van der Waals surface area contributed by atoms with Crippen LogP contribution in [-0.4, -0.2) is 48.5 Å². The van der Waals surface area contributed by atoms with Gasteiger partial charge in [0.05, 0.1) is 19.0 Å². The van der Waals surface area contributed by atoms with Crippen LogP contribution >= 0.6 is 11.3 Å². The first-order valence-electron chi connectivity index (χ1n) is 7.24. The van der Waals surface area contributed by atoms with Crippen molar-refractivity contribution in [3.8, 4) is 0 Å². The van der Waals surface area contributed by atoms with Gasteiger partial charge in [-0.3, -0.25) is 4.79 Å². The highest BCUT2D eigenvalue weighted by atomic mass is 32.2. The molecule has 1 fully saturated rings. The van der Waals surface area contributed by atoms with Crippen molar-refractivity contribution in [3.05, 3.63) is 46.0 Å². The van der Waals surface area contributed by atoms with Crippen LogP contribution < -0.4 is 5.56 Å². The molecule has 2 aromatic rings. The maximum atomic E-state index is 12.5. The molecular formula is C14H17N3O4S2. The van der Waals surface area contributed by atoms with Crippen molar-refractivity contribution in [2.75, 3.05) is 19.7 Å². The average molecular weight is 355 g/mol. The Balaban J connectivity index is 1.63.